The van der Waals surface area contributed by atoms with E-state index in [4.69, 9.17) is 21.6 Å². The highest BCUT2D eigenvalue weighted by atomic mass is 35.5. The SMILES string of the molecule is CC(C)(C)c1nc(N2CCC(O)C2)c2ncn(Cc3ccccc3Cl)c2n1. The first-order valence-corrected chi connectivity index (χ1v) is 9.60. The van der Waals surface area contributed by atoms with Crippen molar-refractivity contribution in [1.82, 2.24) is 19.5 Å². The van der Waals surface area contributed by atoms with Gasteiger partial charge < -0.3 is 14.6 Å². The van der Waals surface area contributed by atoms with Gasteiger partial charge in [-0.3, -0.25) is 0 Å². The fourth-order valence-electron chi connectivity index (χ4n) is 3.35. The van der Waals surface area contributed by atoms with Crippen molar-refractivity contribution >= 4 is 28.6 Å². The molecule has 6 nitrogen and oxygen atoms in total. The topological polar surface area (TPSA) is 67.1 Å². The summed E-state index contributed by atoms with van der Waals surface area (Å²) in [5.74, 6) is 1.58. The molecule has 1 N–H and O–H groups in total. The largest absolute Gasteiger partial charge is 0.391 e. The number of hydrogen-bond acceptors (Lipinski definition) is 5. The van der Waals surface area contributed by atoms with Gasteiger partial charge in [-0.15, -0.1) is 0 Å². The lowest BCUT2D eigenvalue weighted by molar-refractivity contribution is 0.198. The van der Waals surface area contributed by atoms with Crippen LogP contribution in [0.4, 0.5) is 5.82 Å². The molecule has 1 saturated heterocycles. The van der Waals surface area contributed by atoms with Gasteiger partial charge in [0.15, 0.2) is 17.0 Å². The Kier molecular flexibility index (Phi) is 4.56. The van der Waals surface area contributed by atoms with Crippen LogP contribution in [0.1, 0.15) is 38.6 Å². The van der Waals surface area contributed by atoms with E-state index in [1.165, 1.54) is 0 Å². The Labute approximate surface area is 163 Å². The summed E-state index contributed by atoms with van der Waals surface area (Å²) in [5.41, 5.74) is 2.39. The fraction of sp³-hybridized carbons (Fsp3) is 0.450. The van der Waals surface area contributed by atoms with Gasteiger partial charge in [0.2, 0.25) is 0 Å². The van der Waals surface area contributed by atoms with Crippen LogP contribution in [0, 0.1) is 0 Å². The molecule has 1 atom stereocenters. The highest BCUT2D eigenvalue weighted by Crippen LogP contribution is 2.30. The Balaban J connectivity index is 1.84. The molecular formula is C20H24ClN5O. The van der Waals surface area contributed by atoms with Gasteiger partial charge in [-0.25, -0.2) is 15.0 Å². The van der Waals surface area contributed by atoms with E-state index in [1.54, 1.807) is 6.33 Å². The highest BCUT2D eigenvalue weighted by molar-refractivity contribution is 6.31. The van der Waals surface area contributed by atoms with Gasteiger partial charge in [0.05, 0.1) is 19.0 Å². The number of halogens is 1. The summed E-state index contributed by atoms with van der Waals surface area (Å²) in [6, 6.07) is 7.81. The molecule has 142 valence electrons. The second-order valence-corrected chi connectivity index (χ2v) is 8.55. The van der Waals surface area contributed by atoms with Gasteiger partial charge >= 0.3 is 0 Å². The first kappa shape index (κ1) is 18.2. The van der Waals surface area contributed by atoms with Crippen LogP contribution in [0.3, 0.4) is 0 Å². The molecule has 1 fully saturated rings. The van der Waals surface area contributed by atoms with E-state index in [0.717, 1.165) is 46.4 Å². The van der Waals surface area contributed by atoms with E-state index in [0.29, 0.717) is 13.1 Å². The standard InChI is InChI=1S/C20H24ClN5O/c1-20(2,3)19-23-17(25-9-8-14(27)11-25)16-18(24-19)26(12-22-16)10-13-6-4-5-7-15(13)21/h4-7,12,14,27H,8-11H2,1-3H3. The number of aromatic nitrogens is 4. The summed E-state index contributed by atoms with van der Waals surface area (Å²) in [6.45, 7) is 8.25. The molecule has 1 unspecified atom stereocenters. The summed E-state index contributed by atoms with van der Waals surface area (Å²) in [6.07, 6.45) is 2.22. The molecule has 7 heteroatoms. The van der Waals surface area contributed by atoms with Crippen molar-refractivity contribution in [3.05, 3.63) is 47.0 Å². The Morgan fingerprint density at radius 1 is 1.22 bits per heavy atom. The molecule has 0 aliphatic carbocycles. The van der Waals surface area contributed by atoms with Crippen LogP contribution < -0.4 is 4.90 Å². The van der Waals surface area contributed by atoms with E-state index >= 15 is 0 Å². The molecule has 0 amide bonds. The van der Waals surface area contributed by atoms with Crippen molar-refractivity contribution in [3.8, 4) is 0 Å². The maximum Gasteiger partial charge on any atom is 0.166 e. The van der Waals surface area contributed by atoms with Crippen molar-refractivity contribution in [3.63, 3.8) is 0 Å². The summed E-state index contributed by atoms with van der Waals surface area (Å²) < 4.78 is 2.02. The maximum absolute atomic E-state index is 9.97. The zero-order chi connectivity index (χ0) is 19.2. The molecule has 0 saturated carbocycles. The van der Waals surface area contributed by atoms with Crippen LogP contribution in [0.5, 0.6) is 0 Å². The zero-order valence-corrected chi connectivity index (χ0v) is 16.6. The molecular weight excluding hydrogens is 362 g/mol. The van der Waals surface area contributed by atoms with Crippen molar-refractivity contribution in [2.24, 2.45) is 0 Å². The van der Waals surface area contributed by atoms with Gasteiger partial charge in [0, 0.05) is 23.5 Å². The first-order chi connectivity index (χ1) is 12.8. The van der Waals surface area contributed by atoms with Crippen molar-refractivity contribution in [1.29, 1.82) is 0 Å². The van der Waals surface area contributed by atoms with Crippen LogP contribution in [-0.4, -0.2) is 43.8 Å². The minimum absolute atomic E-state index is 0.194. The second-order valence-electron chi connectivity index (χ2n) is 8.15. The third-order valence-electron chi connectivity index (χ3n) is 4.88. The normalized spacial score (nSPS) is 17.8. The van der Waals surface area contributed by atoms with E-state index in [2.05, 4.69) is 30.7 Å². The number of hydrogen-bond donors (Lipinski definition) is 1. The number of fused-ring (bicyclic) bond motifs is 1. The molecule has 0 bridgehead atoms. The molecule has 27 heavy (non-hydrogen) atoms. The van der Waals surface area contributed by atoms with Crippen molar-refractivity contribution in [2.45, 2.75) is 45.3 Å². The third-order valence-corrected chi connectivity index (χ3v) is 5.25. The van der Waals surface area contributed by atoms with E-state index in [1.807, 2.05) is 28.8 Å². The number of β-amino-alcohol motifs (C(OH)–C–C–N with tert-alkyl or cyclic N) is 1. The lowest BCUT2D eigenvalue weighted by Crippen LogP contribution is -2.25. The van der Waals surface area contributed by atoms with Gasteiger partial charge in [0.1, 0.15) is 5.82 Å². The smallest absolute Gasteiger partial charge is 0.166 e. The molecule has 0 spiro atoms. The maximum atomic E-state index is 9.97. The van der Waals surface area contributed by atoms with Crippen molar-refractivity contribution < 1.29 is 5.11 Å². The predicted octanol–water partition coefficient (Wildman–Crippen LogP) is 3.40. The minimum atomic E-state index is -0.321. The Morgan fingerprint density at radius 2 is 2.00 bits per heavy atom. The average Bonchev–Trinajstić information content (AvgIpc) is 3.22. The van der Waals surface area contributed by atoms with E-state index < -0.39 is 0 Å². The summed E-state index contributed by atoms with van der Waals surface area (Å²) >= 11 is 6.34. The van der Waals surface area contributed by atoms with Gasteiger partial charge in [-0.05, 0) is 18.1 Å². The van der Waals surface area contributed by atoms with Crippen LogP contribution in [-0.2, 0) is 12.0 Å². The molecule has 0 radical (unpaired) electrons. The number of rotatable bonds is 3. The molecule has 2 aromatic heterocycles. The Bertz CT molecular complexity index is 978. The van der Waals surface area contributed by atoms with Gasteiger partial charge in [-0.2, -0.15) is 0 Å². The molecule has 3 aromatic rings. The number of aliphatic hydroxyl groups is 1. The average molecular weight is 386 g/mol. The lowest BCUT2D eigenvalue weighted by Gasteiger charge is -2.22. The number of nitrogens with zero attached hydrogens (tertiary/aromatic N) is 5. The molecule has 1 aromatic carbocycles. The van der Waals surface area contributed by atoms with E-state index in [-0.39, 0.29) is 11.5 Å². The van der Waals surface area contributed by atoms with E-state index in [9.17, 15) is 5.11 Å². The number of benzene rings is 1. The summed E-state index contributed by atoms with van der Waals surface area (Å²) in [5, 5.41) is 10.7. The summed E-state index contributed by atoms with van der Waals surface area (Å²) in [4.78, 5) is 16.4. The van der Waals surface area contributed by atoms with Gasteiger partial charge in [-0.1, -0.05) is 50.6 Å². The van der Waals surface area contributed by atoms with Crippen molar-refractivity contribution in [2.75, 3.05) is 18.0 Å². The molecule has 4 rings (SSSR count). The number of anilines is 1. The van der Waals surface area contributed by atoms with Crippen LogP contribution in [0.25, 0.3) is 11.2 Å². The predicted molar refractivity (Wildman–Crippen MR) is 107 cm³/mol. The third kappa shape index (κ3) is 3.51. The zero-order valence-electron chi connectivity index (χ0n) is 15.9. The summed E-state index contributed by atoms with van der Waals surface area (Å²) in [7, 11) is 0. The second kappa shape index (κ2) is 6.77. The number of imidazole rings is 1. The monoisotopic (exact) mass is 385 g/mol. The lowest BCUT2D eigenvalue weighted by atomic mass is 9.96. The molecule has 1 aliphatic rings. The Morgan fingerprint density at radius 3 is 2.67 bits per heavy atom. The Hall–Kier alpha value is -2.18. The molecule has 3 heterocycles. The first-order valence-electron chi connectivity index (χ1n) is 9.22. The van der Waals surface area contributed by atoms with Gasteiger partial charge in [0.25, 0.3) is 0 Å². The van der Waals surface area contributed by atoms with Crippen LogP contribution >= 0.6 is 11.6 Å². The molecule has 1 aliphatic heterocycles. The minimum Gasteiger partial charge on any atom is -0.391 e. The quantitative estimate of drug-likeness (QED) is 0.748. The van der Waals surface area contributed by atoms with Crippen LogP contribution in [0.15, 0.2) is 30.6 Å². The van der Waals surface area contributed by atoms with Crippen LogP contribution in [0.2, 0.25) is 5.02 Å². The fourth-order valence-corrected chi connectivity index (χ4v) is 3.54. The highest BCUT2D eigenvalue weighted by Gasteiger charge is 2.28. The number of aliphatic hydroxyl groups excluding tert-OH is 1.